The molecule has 0 aliphatic carbocycles. The first-order chi connectivity index (χ1) is 9.75. The molecule has 6 heteroatoms. The number of hydrogen-bond acceptors (Lipinski definition) is 3. The number of amides is 1. The molecule has 3 heterocycles. The van der Waals surface area contributed by atoms with Crippen molar-refractivity contribution in [3.05, 3.63) is 60.8 Å². The lowest BCUT2D eigenvalue weighted by Crippen LogP contribution is -2.14. The molecule has 1 amide bonds. The van der Waals surface area contributed by atoms with E-state index in [0.29, 0.717) is 11.3 Å². The summed E-state index contributed by atoms with van der Waals surface area (Å²) in [4.78, 5) is 16.3. The molecule has 0 radical (unpaired) electrons. The van der Waals surface area contributed by atoms with Crippen LogP contribution in [0, 0.1) is 0 Å². The Kier molecular flexibility index (Phi) is 3.04. The fourth-order valence-corrected chi connectivity index (χ4v) is 2.01. The lowest BCUT2D eigenvalue weighted by Gasteiger charge is -2.08. The molecule has 0 saturated carbocycles. The van der Waals surface area contributed by atoms with E-state index in [1.54, 1.807) is 42.5 Å². The van der Waals surface area contributed by atoms with Crippen LogP contribution in [0.25, 0.3) is 5.82 Å². The molecule has 0 atom stereocenters. The topological polar surface area (TPSA) is 64.7 Å². The van der Waals surface area contributed by atoms with Gasteiger partial charge in [-0.15, -0.1) is 0 Å². The fraction of sp³-hybridized carbons (Fsp3) is 0.0714. The van der Waals surface area contributed by atoms with Gasteiger partial charge in [0, 0.05) is 37.5 Å². The van der Waals surface area contributed by atoms with Gasteiger partial charge in [-0.1, -0.05) is 0 Å². The molecule has 0 aliphatic rings. The zero-order chi connectivity index (χ0) is 13.9. The molecular formula is C14H13N5O. The van der Waals surface area contributed by atoms with Gasteiger partial charge in [-0.25, -0.2) is 0 Å². The minimum absolute atomic E-state index is 0.201. The molecule has 0 saturated heterocycles. The van der Waals surface area contributed by atoms with Crippen LogP contribution in [-0.4, -0.2) is 25.2 Å². The van der Waals surface area contributed by atoms with Crippen LogP contribution in [0.5, 0.6) is 0 Å². The minimum Gasteiger partial charge on any atom is -0.322 e. The van der Waals surface area contributed by atoms with E-state index in [4.69, 9.17) is 0 Å². The Hall–Kier alpha value is -2.89. The number of nitrogens with zero attached hydrogens (tertiary/aromatic N) is 4. The fourth-order valence-electron chi connectivity index (χ4n) is 2.01. The first kappa shape index (κ1) is 12.2. The van der Waals surface area contributed by atoms with Gasteiger partial charge in [0.1, 0.15) is 11.4 Å². The first-order valence-electron chi connectivity index (χ1n) is 6.12. The molecule has 0 unspecified atom stereocenters. The number of pyridine rings is 1. The minimum atomic E-state index is -0.201. The summed E-state index contributed by atoms with van der Waals surface area (Å²) < 4.78 is 3.52. The number of hydrogen-bond donors (Lipinski definition) is 1. The third-order valence-corrected chi connectivity index (χ3v) is 2.94. The number of aryl methyl sites for hydroxylation is 1. The zero-order valence-electron chi connectivity index (χ0n) is 10.9. The van der Waals surface area contributed by atoms with Crippen molar-refractivity contribution in [1.29, 1.82) is 0 Å². The third-order valence-electron chi connectivity index (χ3n) is 2.94. The van der Waals surface area contributed by atoms with Crippen LogP contribution in [0.4, 0.5) is 5.69 Å². The maximum Gasteiger partial charge on any atom is 0.261 e. The summed E-state index contributed by atoms with van der Waals surface area (Å²) in [6.45, 7) is 0. The molecule has 100 valence electrons. The van der Waals surface area contributed by atoms with Gasteiger partial charge in [-0.2, -0.15) is 5.10 Å². The van der Waals surface area contributed by atoms with Gasteiger partial charge in [-0.3, -0.25) is 14.5 Å². The highest BCUT2D eigenvalue weighted by Crippen LogP contribution is 2.16. The van der Waals surface area contributed by atoms with Crippen molar-refractivity contribution < 1.29 is 4.79 Å². The monoisotopic (exact) mass is 267 g/mol. The molecule has 0 bridgehead atoms. The van der Waals surface area contributed by atoms with Crippen LogP contribution in [0.3, 0.4) is 0 Å². The Bertz CT molecular complexity index is 715. The molecule has 3 aromatic rings. The molecule has 3 rings (SSSR count). The Morgan fingerprint density at radius 2 is 1.90 bits per heavy atom. The smallest absolute Gasteiger partial charge is 0.261 e. The van der Waals surface area contributed by atoms with Gasteiger partial charge in [0.25, 0.3) is 5.91 Å². The number of nitrogens with one attached hydrogen (secondary N) is 1. The second kappa shape index (κ2) is 5.00. The van der Waals surface area contributed by atoms with Gasteiger partial charge in [0.2, 0.25) is 0 Å². The van der Waals surface area contributed by atoms with E-state index >= 15 is 0 Å². The lowest BCUT2D eigenvalue weighted by atomic mass is 10.3. The largest absolute Gasteiger partial charge is 0.322 e. The average molecular weight is 267 g/mol. The van der Waals surface area contributed by atoms with Crippen molar-refractivity contribution in [1.82, 2.24) is 19.3 Å². The van der Waals surface area contributed by atoms with Crippen LogP contribution in [0.15, 0.2) is 55.2 Å². The summed E-state index contributed by atoms with van der Waals surface area (Å²) in [6, 6.07) is 7.28. The van der Waals surface area contributed by atoms with Gasteiger partial charge >= 0.3 is 0 Å². The molecule has 0 aromatic carbocycles. The average Bonchev–Trinajstić information content (AvgIpc) is 3.08. The normalized spacial score (nSPS) is 10.4. The van der Waals surface area contributed by atoms with Crippen molar-refractivity contribution in [2.24, 2.45) is 7.05 Å². The second-order valence-electron chi connectivity index (χ2n) is 4.29. The predicted octanol–water partition coefficient (Wildman–Crippen LogP) is 1.86. The van der Waals surface area contributed by atoms with E-state index in [9.17, 15) is 4.79 Å². The molecule has 1 N–H and O–H groups in total. The van der Waals surface area contributed by atoms with E-state index in [2.05, 4.69) is 15.4 Å². The molecular weight excluding hydrogens is 254 g/mol. The summed E-state index contributed by atoms with van der Waals surface area (Å²) in [5, 5.41) is 6.99. The zero-order valence-corrected chi connectivity index (χ0v) is 10.9. The number of rotatable bonds is 3. The predicted molar refractivity (Wildman–Crippen MR) is 74.7 cm³/mol. The van der Waals surface area contributed by atoms with Crippen molar-refractivity contribution >= 4 is 11.6 Å². The maximum absolute atomic E-state index is 12.3. The summed E-state index contributed by atoms with van der Waals surface area (Å²) in [6.07, 6.45) is 8.57. The summed E-state index contributed by atoms with van der Waals surface area (Å²) >= 11 is 0. The van der Waals surface area contributed by atoms with Crippen LogP contribution in [0.1, 0.15) is 10.4 Å². The van der Waals surface area contributed by atoms with Gasteiger partial charge in [0.05, 0.1) is 6.20 Å². The molecule has 0 fully saturated rings. The van der Waals surface area contributed by atoms with Gasteiger partial charge < -0.3 is 9.88 Å². The standard InChI is InChI=1S/C14H13N5O/c1-18-14(19-8-2-3-9-19)12(10-16-18)13(20)17-11-4-6-15-7-5-11/h2-10H,1H3,(H,15,17,20). The van der Waals surface area contributed by atoms with E-state index in [0.717, 1.165) is 5.82 Å². The molecule has 0 spiro atoms. The van der Waals surface area contributed by atoms with Crippen LogP contribution in [0.2, 0.25) is 0 Å². The van der Waals surface area contributed by atoms with Crippen LogP contribution >= 0.6 is 0 Å². The maximum atomic E-state index is 12.3. The Morgan fingerprint density at radius 3 is 2.60 bits per heavy atom. The van der Waals surface area contributed by atoms with Gasteiger partial charge in [0.15, 0.2) is 0 Å². The third kappa shape index (κ3) is 2.18. The molecule has 0 aliphatic heterocycles. The first-order valence-corrected chi connectivity index (χ1v) is 6.12. The van der Waals surface area contributed by atoms with E-state index in [1.807, 2.05) is 29.1 Å². The Balaban J connectivity index is 1.93. The summed E-state index contributed by atoms with van der Waals surface area (Å²) in [7, 11) is 1.80. The summed E-state index contributed by atoms with van der Waals surface area (Å²) in [5.41, 5.74) is 1.22. The molecule has 3 aromatic heterocycles. The lowest BCUT2D eigenvalue weighted by molar-refractivity contribution is 0.102. The second-order valence-corrected chi connectivity index (χ2v) is 4.29. The van der Waals surface area contributed by atoms with Crippen molar-refractivity contribution in [3.8, 4) is 5.82 Å². The quantitative estimate of drug-likeness (QED) is 0.787. The number of aromatic nitrogens is 4. The highest BCUT2D eigenvalue weighted by Gasteiger charge is 2.17. The van der Waals surface area contributed by atoms with Gasteiger partial charge in [-0.05, 0) is 24.3 Å². The van der Waals surface area contributed by atoms with Crippen molar-refractivity contribution in [2.75, 3.05) is 5.32 Å². The van der Waals surface area contributed by atoms with Crippen molar-refractivity contribution in [3.63, 3.8) is 0 Å². The number of carbonyl (C=O) groups excluding carboxylic acids is 1. The Morgan fingerprint density at radius 1 is 1.20 bits per heavy atom. The summed E-state index contributed by atoms with van der Waals surface area (Å²) in [5.74, 6) is 0.523. The van der Waals surface area contributed by atoms with Crippen molar-refractivity contribution in [2.45, 2.75) is 0 Å². The Labute approximate surface area is 115 Å². The highest BCUT2D eigenvalue weighted by atomic mass is 16.1. The SMILES string of the molecule is Cn1ncc(C(=O)Nc2ccncc2)c1-n1cccc1. The highest BCUT2D eigenvalue weighted by molar-refractivity contribution is 6.06. The number of carbonyl (C=O) groups is 1. The number of anilines is 1. The van der Waals surface area contributed by atoms with Crippen LogP contribution < -0.4 is 5.32 Å². The van der Waals surface area contributed by atoms with Crippen LogP contribution in [-0.2, 0) is 7.05 Å². The van der Waals surface area contributed by atoms with E-state index in [1.165, 1.54) is 0 Å². The molecule has 6 nitrogen and oxygen atoms in total. The van der Waals surface area contributed by atoms with E-state index in [-0.39, 0.29) is 5.91 Å². The molecule has 20 heavy (non-hydrogen) atoms. The van der Waals surface area contributed by atoms with E-state index < -0.39 is 0 Å².